The summed E-state index contributed by atoms with van der Waals surface area (Å²) in [7, 11) is 0. The summed E-state index contributed by atoms with van der Waals surface area (Å²) in [6, 6.07) is 8.83. The molecule has 1 saturated carbocycles. The van der Waals surface area contributed by atoms with Gasteiger partial charge in [-0.25, -0.2) is 0 Å². The molecule has 0 spiro atoms. The lowest BCUT2D eigenvalue weighted by molar-refractivity contribution is 0.0129. The molecule has 21 heavy (non-hydrogen) atoms. The van der Waals surface area contributed by atoms with Crippen molar-refractivity contribution >= 4 is 0 Å². The third-order valence-electron chi connectivity index (χ3n) is 3.90. The van der Waals surface area contributed by atoms with Gasteiger partial charge < -0.3 is 14.8 Å². The predicted molar refractivity (Wildman–Crippen MR) is 86.7 cm³/mol. The van der Waals surface area contributed by atoms with Crippen LogP contribution in [-0.2, 0) is 11.3 Å². The number of ether oxygens (including phenoxy) is 2. The van der Waals surface area contributed by atoms with E-state index in [0.717, 1.165) is 12.3 Å². The van der Waals surface area contributed by atoms with Crippen molar-refractivity contribution in [1.29, 1.82) is 0 Å². The molecule has 1 aromatic rings. The van der Waals surface area contributed by atoms with Gasteiger partial charge in [-0.1, -0.05) is 45.2 Å². The van der Waals surface area contributed by atoms with Gasteiger partial charge >= 0.3 is 0 Å². The normalized spacial score (nSPS) is 16.3. The number of rotatable bonds is 8. The molecule has 0 radical (unpaired) electrons. The molecule has 1 aliphatic carbocycles. The minimum absolute atomic E-state index is 0.465. The summed E-state index contributed by atoms with van der Waals surface area (Å²) in [5.74, 6) is 0.926. The van der Waals surface area contributed by atoms with Gasteiger partial charge in [0.25, 0.3) is 0 Å². The zero-order chi connectivity index (χ0) is 14.9. The van der Waals surface area contributed by atoms with Crippen LogP contribution in [0.25, 0.3) is 0 Å². The molecule has 0 saturated heterocycles. The third kappa shape index (κ3) is 6.49. The number of benzene rings is 1. The molecule has 0 heterocycles. The van der Waals surface area contributed by atoms with Gasteiger partial charge in [0.05, 0.1) is 12.7 Å². The lowest BCUT2D eigenvalue weighted by Gasteiger charge is -2.21. The second-order valence-electron chi connectivity index (χ2n) is 6.16. The first kappa shape index (κ1) is 16.3. The molecule has 0 amide bonds. The van der Waals surface area contributed by atoms with Gasteiger partial charge in [0, 0.05) is 12.6 Å². The average Bonchev–Trinajstić information content (AvgIpc) is 2.52. The average molecular weight is 291 g/mol. The van der Waals surface area contributed by atoms with Crippen LogP contribution in [0.4, 0.5) is 0 Å². The predicted octanol–water partition coefficient (Wildman–Crippen LogP) is 3.91. The van der Waals surface area contributed by atoms with Crippen LogP contribution < -0.4 is 10.1 Å². The van der Waals surface area contributed by atoms with Crippen LogP contribution in [0, 0.1) is 0 Å². The third-order valence-corrected chi connectivity index (χ3v) is 3.90. The highest BCUT2D eigenvalue weighted by molar-refractivity contribution is 5.27. The Labute approximate surface area is 129 Å². The van der Waals surface area contributed by atoms with Crippen molar-refractivity contribution in [3.05, 3.63) is 29.8 Å². The van der Waals surface area contributed by atoms with Crippen LogP contribution in [0.5, 0.6) is 5.75 Å². The lowest BCUT2D eigenvalue weighted by Crippen LogP contribution is -2.21. The SMILES string of the molecule is CC(C)NCc1ccc(OCCOC2CCCCC2)cc1. The Morgan fingerprint density at radius 3 is 2.43 bits per heavy atom. The molecule has 118 valence electrons. The van der Waals surface area contributed by atoms with E-state index in [0.29, 0.717) is 25.4 Å². The summed E-state index contributed by atoms with van der Waals surface area (Å²) < 4.78 is 11.6. The maximum absolute atomic E-state index is 5.86. The highest BCUT2D eigenvalue weighted by atomic mass is 16.5. The van der Waals surface area contributed by atoms with Crippen LogP contribution >= 0.6 is 0 Å². The first-order valence-electron chi connectivity index (χ1n) is 8.31. The first-order chi connectivity index (χ1) is 10.2. The fourth-order valence-corrected chi connectivity index (χ4v) is 2.63. The Morgan fingerprint density at radius 2 is 1.76 bits per heavy atom. The molecule has 1 aromatic carbocycles. The van der Waals surface area contributed by atoms with Crippen molar-refractivity contribution < 1.29 is 9.47 Å². The van der Waals surface area contributed by atoms with Crippen molar-refractivity contribution in [2.75, 3.05) is 13.2 Å². The van der Waals surface area contributed by atoms with Crippen LogP contribution in [0.1, 0.15) is 51.5 Å². The van der Waals surface area contributed by atoms with Crippen LogP contribution in [-0.4, -0.2) is 25.4 Å². The Morgan fingerprint density at radius 1 is 1.05 bits per heavy atom. The molecule has 3 nitrogen and oxygen atoms in total. The van der Waals surface area contributed by atoms with E-state index in [4.69, 9.17) is 9.47 Å². The van der Waals surface area contributed by atoms with Crippen molar-refractivity contribution in [2.24, 2.45) is 0 Å². The summed E-state index contributed by atoms with van der Waals surface area (Å²) >= 11 is 0. The van der Waals surface area contributed by atoms with Gasteiger partial charge in [0.15, 0.2) is 0 Å². The number of hydrogen-bond acceptors (Lipinski definition) is 3. The van der Waals surface area contributed by atoms with E-state index in [1.54, 1.807) is 0 Å². The van der Waals surface area contributed by atoms with Gasteiger partial charge in [0.2, 0.25) is 0 Å². The standard InChI is InChI=1S/C18H29NO2/c1-15(2)19-14-16-8-10-18(11-9-16)21-13-12-20-17-6-4-3-5-7-17/h8-11,15,17,19H,3-7,12-14H2,1-2H3. The Kier molecular flexibility index (Phi) is 7.04. The zero-order valence-corrected chi connectivity index (χ0v) is 13.4. The zero-order valence-electron chi connectivity index (χ0n) is 13.4. The fourth-order valence-electron chi connectivity index (χ4n) is 2.63. The van der Waals surface area contributed by atoms with Crippen molar-refractivity contribution in [1.82, 2.24) is 5.32 Å². The van der Waals surface area contributed by atoms with Gasteiger partial charge in [-0.15, -0.1) is 0 Å². The van der Waals surface area contributed by atoms with E-state index in [1.807, 2.05) is 12.1 Å². The molecular formula is C18H29NO2. The van der Waals surface area contributed by atoms with Crippen LogP contribution in [0.15, 0.2) is 24.3 Å². The molecule has 1 fully saturated rings. The van der Waals surface area contributed by atoms with Gasteiger partial charge in [-0.3, -0.25) is 0 Å². The molecule has 0 atom stereocenters. The summed E-state index contributed by atoms with van der Waals surface area (Å²) in [6.45, 7) is 6.55. The summed E-state index contributed by atoms with van der Waals surface area (Å²) in [5, 5.41) is 3.41. The molecule has 1 aliphatic rings. The maximum atomic E-state index is 5.86. The Hall–Kier alpha value is -1.06. The molecule has 0 aliphatic heterocycles. The van der Waals surface area contributed by atoms with E-state index in [1.165, 1.54) is 37.7 Å². The van der Waals surface area contributed by atoms with Gasteiger partial charge in [-0.2, -0.15) is 0 Å². The molecular weight excluding hydrogens is 262 g/mol. The summed E-state index contributed by atoms with van der Waals surface area (Å²) in [4.78, 5) is 0. The lowest BCUT2D eigenvalue weighted by atomic mass is 9.98. The summed E-state index contributed by atoms with van der Waals surface area (Å²) in [6.07, 6.45) is 6.91. The largest absolute Gasteiger partial charge is 0.491 e. The van der Waals surface area contributed by atoms with E-state index < -0.39 is 0 Å². The maximum Gasteiger partial charge on any atom is 0.119 e. The van der Waals surface area contributed by atoms with Crippen molar-refractivity contribution in [3.8, 4) is 5.75 Å². The van der Waals surface area contributed by atoms with E-state index in [-0.39, 0.29) is 0 Å². The molecule has 0 bridgehead atoms. The van der Waals surface area contributed by atoms with Gasteiger partial charge in [-0.05, 0) is 30.5 Å². The quantitative estimate of drug-likeness (QED) is 0.737. The Balaban J connectivity index is 1.61. The monoisotopic (exact) mass is 291 g/mol. The first-order valence-corrected chi connectivity index (χ1v) is 8.31. The molecule has 0 unspecified atom stereocenters. The van der Waals surface area contributed by atoms with E-state index in [9.17, 15) is 0 Å². The van der Waals surface area contributed by atoms with Crippen molar-refractivity contribution in [3.63, 3.8) is 0 Å². The molecule has 0 aromatic heterocycles. The highest BCUT2D eigenvalue weighted by Crippen LogP contribution is 2.20. The molecule has 3 heteroatoms. The van der Waals surface area contributed by atoms with Gasteiger partial charge in [0.1, 0.15) is 12.4 Å². The minimum Gasteiger partial charge on any atom is -0.491 e. The van der Waals surface area contributed by atoms with Crippen LogP contribution in [0.2, 0.25) is 0 Å². The fraction of sp³-hybridized carbons (Fsp3) is 0.667. The smallest absolute Gasteiger partial charge is 0.119 e. The Bertz CT molecular complexity index is 383. The second-order valence-corrected chi connectivity index (χ2v) is 6.16. The second kappa shape index (κ2) is 9.06. The molecule has 2 rings (SSSR count). The highest BCUT2D eigenvalue weighted by Gasteiger charge is 2.13. The number of nitrogens with one attached hydrogen (secondary N) is 1. The van der Waals surface area contributed by atoms with Crippen LogP contribution in [0.3, 0.4) is 0 Å². The number of hydrogen-bond donors (Lipinski definition) is 1. The topological polar surface area (TPSA) is 30.5 Å². The summed E-state index contributed by atoms with van der Waals surface area (Å²) in [5.41, 5.74) is 1.29. The van der Waals surface area contributed by atoms with E-state index >= 15 is 0 Å². The minimum atomic E-state index is 0.465. The molecule has 1 N–H and O–H groups in total. The van der Waals surface area contributed by atoms with Crippen molar-refractivity contribution in [2.45, 2.75) is 64.6 Å². The van der Waals surface area contributed by atoms with E-state index in [2.05, 4.69) is 31.3 Å².